The Morgan fingerprint density at radius 2 is 1.72 bits per heavy atom. The van der Waals surface area contributed by atoms with Crippen molar-refractivity contribution < 1.29 is 13.2 Å². The van der Waals surface area contributed by atoms with Crippen LogP contribution in [0.2, 0.25) is 5.02 Å². The van der Waals surface area contributed by atoms with E-state index >= 15 is 0 Å². The molecule has 4 rings (SSSR count). The average molecular weight is 478 g/mol. The van der Waals surface area contributed by atoms with Crippen molar-refractivity contribution >= 4 is 27.5 Å². The lowest BCUT2D eigenvalue weighted by Crippen LogP contribution is -2.52. The fraction of sp³-hybridized carbons (Fsp3) is 0.400. The Bertz CT molecular complexity index is 1310. The summed E-state index contributed by atoms with van der Waals surface area (Å²) in [5.74, 6) is -0.481. The highest BCUT2D eigenvalue weighted by molar-refractivity contribution is 7.89. The molecule has 1 amide bonds. The quantitative estimate of drug-likeness (QED) is 0.613. The van der Waals surface area contributed by atoms with Gasteiger partial charge in [-0.3, -0.25) is 14.2 Å². The number of aromatic nitrogens is 2. The maximum atomic E-state index is 12.8. The molecule has 0 N–H and O–H groups in total. The van der Waals surface area contributed by atoms with Crippen LogP contribution in [0.1, 0.15) is 24.4 Å². The number of carbonyl (C=O) groups excluding carboxylic acids is 1. The zero-order valence-corrected chi connectivity index (χ0v) is 18.5. The molecule has 2 heterocycles. The van der Waals surface area contributed by atoms with Gasteiger partial charge in [0, 0.05) is 43.4 Å². The number of benzene rings is 1. The highest BCUT2D eigenvalue weighted by Crippen LogP contribution is 2.33. The number of hydrogen-bond donors (Lipinski definition) is 0. The van der Waals surface area contributed by atoms with Gasteiger partial charge in [-0.25, -0.2) is 17.8 Å². The third-order valence-electron chi connectivity index (χ3n) is 5.59. The number of nitriles is 1. The predicted octanol–water partition coefficient (Wildman–Crippen LogP) is 0.403. The minimum absolute atomic E-state index is 0.0572. The summed E-state index contributed by atoms with van der Waals surface area (Å²) in [5.41, 5.74) is -1.61. The number of halogens is 1. The molecule has 168 valence electrons. The molecule has 1 saturated heterocycles. The lowest BCUT2D eigenvalue weighted by atomic mass is 10.3. The number of rotatable bonds is 5. The first-order valence-electron chi connectivity index (χ1n) is 10.0. The Hall–Kier alpha value is -2.94. The number of hydrogen-bond acceptors (Lipinski definition) is 6. The van der Waals surface area contributed by atoms with Crippen LogP contribution in [0.4, 0.5) is 0 Å². The molecule has 0 atom stereocenters. The van der Waals surface area contributed by atoms with Crippen LogP contribution in [-0.2, 0) is 21.4 Å². The lowest BCUT2D eigenvalue weighted by Gasteiger charge is -2.34. The van der Waals surface area contributed by atoms with Crippen molar-refractivity contribution in [3.05, 3.63) is 61.9 Å². The third-order valence-corrected chi connectivity index (χ3v) is 7.76. The maximum absolute atomic E-state index is 12.8. The summed E-state index contributed by atoms with van der Waals surface area (Å²) in [4.78, 5) is 39.4. The zero-order valence-electron chi connectivity index (χ0n) is 17.0. The van der Waals surface area contributed by atoms with E-state index in [2.05, 4.69) is 0 Å². The highest BCUT2D eigenvalue weighted by Gasteiger charge is 2.31. The van der Waals surface area contributed by atoms with E-state index in [1.54, 1.807) is 6.07 Å². The van der Waals surface area contributed by atoms with Gasteiger partial charge in [0.1, 0.15) is 18.2 Å². The molecule has 2 aliphatic rings. The van der Waals surface area contributed by atoms with Gasteiger partial charge in [0.05, 0.1) is 4.90 Å². The molecular formula is C20H20ClN5O5S. The molecular weight excluding hydrogens is 458 g/mol. The smallest absolute Gasteiger partial charge is 0.331 e. The zero-order chi connectivity index (χ0) is 23.0. The number of nitrogens with zero attached hydrogens (tertiary/aromatic N) is 5. The molecule has 2 aromatic rings. The van der Waals surface area contributed by atoms with Crippen LogP contribution >= 0.6 is 11.6 Å². The molecule has 12 heteroatoms. The molecule has 1 aromatic heterocycles. The van der Waals surface area contributed by atoms with Crippen LogP contribution in [0.25, 0.3) is 0 Å². The van der Waals surface area contributed by atoms with E-state index in [1.165, 1.54) is 44.2 Å². The van der Waals surface area contributed by atoms with Gasteiger partial charge in [0.2, 0.25) is 15.9 Å². The lowest BCUT2D eigenvalue weighted by molar-refractivity contribution is -0.133. The largest absolute Gasteiger partial charge is 0.338 e. The molecule has 1 aromatic carbocycles. The van der Waals surface area contributed by atoms with E-state index in [-0.39, 0.29) is 42.7 Å². The third kappa shape index (κ3) is 4.21. The van der Waals surface area contributed by atoms with Gasteiger partial charge >= 0.3 is 5.69 Å². The van der Waals surface area contributed by atoms with E-state index in [9.17, 15) is 28.1 Å². The summed E-state index contributed by atoms with van der Waals surface area (Å²) >= 11 is 5.82. The summed E-state index contributed by atoms with van der Waals surface area (Å²) in [7, 11) is -3.73. The normalized spacial score (nSPS) is 17.2. The van der Waals surface area contributed by atoms with Crippen LogP contribution in [0, 0.1) is 11.3 Å². The minimum Gasteiger partial charge on any atom is -0.338 e. The summed E-state index contributed by atoms with van der Waals surface area (Å²) < 4.78 is 29.0. The fourth-order valence-electron chi connectivity index (χ4n) is 3.62. The Morgan fingerprint density at radius 1 is 1.09 bits per heavy atom. The van der Waals surface area contributed by atoms with Gasteiger partial charge in [0.25, 0.3) is 5.56 Å². The van der Waals surface area contributed by atoms with Gasteiger partial charge in [-0.05, 0) is 37.1 Å². The molecule has 32 heavy (non-hydrogen) atoms. The van der Waals surface area contributed by atoms with E-state index in [0.717, 1.165) is 17.4 Å². The van der Waals surface area contributed by atoms with Crippen molar-refractivity contribution in [3.8, 4) is 6.07 Å². The van der Waals surface area contributed by atoms with Crippen LogP contribution in [0.15, 0.2) is 44.9 Å². The van der Waals surface area contributed by atoms with Crippen molar-refractivity contribution in [3.63, 3.8) is 0 Å². The monoisotopic (exact) mass is 477 g/mol. The second-order valence-electron chi connectivity index (χ2n) is 7.71. The maximum Gasteiger partial charge on any atom is 0.331 e. The highest BCUT2D eigenvalue weighted by atomic mass is 35.5. The summed E-state index contributed by atoms with van der Waals surface area (Å²) in [6, 6.07) is 7.57. The summed E-state index contributed by atoms with van der Waals surface area (Å²) in [6.07, 6.45) is 2.81. The Kier molecular flexibility index (Phi) is 5.94. The minimum atomic E-state index is -3.73. The number of carbonyl (C=O) groups is 1. The van der Waals surface area contributed by atoms with Crippen LogP contribution in [0.3, 0.4) is 0 Å². The van der Waals surface area contributed by atoms with Crippen molar-refractivity contribution in [2.24, 2.45) is 0 Å². The molecule has 0 bridgehead atoms. The van der Waals surface area contributed by atoms with E-state index in [1.807, 2.05) is 0 Å². The van der Waals surface area contributed by atoms with Crippen molar-refractivity contribution in [1.82, 2.24) is 18.3 Å². The van der Waals surface area contributed by atoms with Crippen molar-refractivity contribution in [2.45, 2.75) is 30.3 Å². The second kappa shape index (κ2) is 8.54. The van der Waals surface area contributed by atoms with Gasteiger partial charge < -0.3 is 4.90 Å². The average Bonchev–Trinajstić information content (AvgIpc) is 3.62. The Balaban J connectivity index is 1.47. The van der Waals surface area contributed by atoms with Gasteiger partial charge in [0.15, 0.2) is 0 Å². The number of amides is 1. The molecule has 0 spiro atoms. The molecule has 1 aliphatic heterocycles. The topological polar surface area (TPSA) is 125 Å². The van der Waals surface area contributed by atoms with E-state index < -0.39 is 33.7 Å². The van der Waals surface area contributed by atoms with Gasteiger partial charge in [-0.15, -0.1) is 0 Å². The fourth-order valence-corrected chi connectivity index (χ4v) is 5.17. The first kappa shape index (κ1) is 22.3. The van der Waals surface area contributed by atoms with E-state index in [0.29, 0.717) is 5.02 Å². The second-order valence-corrected chi connectivity index (χ2v) is 10.1. The van der Waals surface area contributed by atoms with Crippen LogP contribution in [-0.4, -0.2) is 58.8 Å². The molecule has 0 radical (unpaired) electrons. The number of piperazine rings is 1. The van der Waals surface area contributed by atoms with E-state index in [4.69, 9.17) is 11.6 Å². The SMILES string of the molecule is N#Cc1cn(C2CC2)c(=O)n(CC(=O)N2CCN(S(=O)(=O)c3ccc(Cl)cc3)CC2)c1=O. The molecule has 1 saturated carbocycles. The van der Waals surface area contributed by atoms with Crippen molar-refractivity contribution in [1.29, 1.82) is 5.26 Å². The standard InChI is InChI=1S/C20H20ClN5O5S/c21-15-1-5-17(6-2-15)32(30,31)24-9-7-23(8-10-24)18(27)13-26-19(28)14(11-22)12-25(20(26)29)16-3-4-16/h1-2,5-6,12,16H,3-4,7-10,13H2. The molecule has 2 fully saturated rings. The Morgan fingerprint density at radius 3 is 2.28 bits per heavy atom. The summed E-state index contributed by atoms with van der Waals surface area (Å²) in [5, 5.41) is 9.64. The first-order valence-corrected chi connectivity index (χ1v) is 11.8. The van der Waals surface area contributed by atoms with Gasteiger partial charge in [-0.2, -0.15) is 9.57 Å². The van der Waals surface area contributed by atoms with Crippen molar-refractivity contribution in [2.75, 3.05) is 26.2 Å². The number of sulfonamides is 1. The first-order chi connectivity index (χ1) is 15.2. The summed E-state index contributed by atoms with van der Waals surface area (Å²) in [6.45, 7) is -0.0968. The van der Waals surface area contributed by atoms with Crippen LogP contribution < -0.4 is 11.2 Å². The molecule has 10 nitrogen and oxygen atoms in total. The Labute approximate surface area is 188 Å². The predicted molar refractivity (Wildman–Crippen MR) is 115 cm³/mol. The van der Waals surface area contributed by atoms with Crippen LogP contribution in [0.5, 0.6) is 0 Å². The molecule has 0 unspecified atom stereocenters. The van der Waals surface area contributed by atoms with Gasteiger partial charge in [-0.1, -0.05) is 11.6 Å². The molecule has 1 aliphatic carbocycles.